The molecule has 1 N–H and O–H groups in total. The first-order valence-electron chi connectivity index (χ1n) is 7.25. The lowest BCUT2D eigenvalue weighted by molar-refractivity contribution is -0.119. The van der Waals surface area contributed by atoms with Gasteiger partial charge in [-0.05, 0) is 36.8 Å². The molecule has 0 unspecified atom stereocenters. The molecule has 7 heteroatoms. The number of halogens is 2. The number of thioether (sulfide) groups is 1. The minimum atomic E-state index is -0.138. The zero-order chi connectivity index (χ0) is 17.1. The van der Waals surface area contributed by atoms with Gasteiger partial charge in [0, 0.05) is 10.0 Å². The summed E-state index contributed by atoms with van der Waals surface area (Å²) in [5.41, 5.74) is 1.77. The number of hydrogen-bond donors (Lipinski definition) is 1. The molecule has 0 aliphatic heterocycles. The summed E-state index contributed by atoms with van der Waals surface area (Å²) >= 11 is 15.1. The number of thiazole rings is 1. The summed E-state index contributed by atoms with van der Waals surface area (Å²) in [6.45, 7) is 1.92. The Balaban J connectivity index is 1.59. The molecule has 3 rings (SSSR count). The van der Waals surface area contributed by atoms with E-state index in [-0.39, 0.29) is 11.9 Å². The normalized spacial score (nSPS) is 12.3. The predicted octanol–water partition coefficient (Wildman–Crippen LogP) is 5.57. The van der Waals surface area contributed by atoms with Crippen molar-refractivity contribution in [3.05, 3.63) is 58.1 Å². The van der Waals surface area contributed by atoms with Crippen molar-refractivity contribution in [2.45, 2.75) is 17.3 Å². The van der Waals surface area contributed by atoms with E-state index in [2.05, 4.69) is 10.3 Å². The van der Waals surface area contributed by atoms with Crippen LogP contribution in [0.15, 0.2) is 46.8 Å². The molecule has 1 heterocycles. The molecule has 0 spiro atoms. The fourth-order valence-corrected chi connectivity index (χ4v) is 4.58. The largest absolute Gasteiger partial charge is 0.349 e. The molecular formula is C17H14Cl2N2OS2. The third-order valence-electron chi connectivity index (χ3n) is 3.41. The fourth-order valence-electron chi connectivity index (χ4n) is 2.26. The lowest BCUT2D eigenvalue weighted by atomic mass is 10.1. The average Bonchev–Trinajstić information content (AvgIpc) is 2.95. The van der Waals surface area contributed by atoms with Crippen LogP contribution in [-0.4, -0.2) is 16.6 Å². The van der Waals surface area contributed by atoms with E-state index in [1.54, 1.807) is 11.3 Å². The van der Waals surface area contributed by atoms with E-state index in [4.69, 9.17) is 23.2 Å². The number of amides is 1. The fraction of sp³-hybridized carbons (Fsp3) is 0.176. The van der Waals surface area contributed by atoms with E-state index in [0.29, 0.717) is 15.8 Å². The van der Waals surface area contributed by atoms with Gasteiger partial charge in [-0.15, -0.1) is 11.3 Å². The highest BCUT2D eigenvalue weighted by Gasteiger charge is 2.13. The Labute approximate surface area is 158 Å². The van der Waals surface area contributed by atoms with Crippen LogP contribution in [-0.2, 0) is 4.79 Å². The molecule has 3 aromatic rings. The molecule has 0 radical (unpaired) electrons. The highest BCUT2D eigenvalue weighted by molar-refractivity contribution is 8.01. The average molecular weight is 397 g/mol. The standard InChI is InChI=1S/C17H14Cl2N2OS2/c1-10(12-4-2-3-5-13(12)19)20-16(22)9-23-17-21-14-8-11(18)6-7-15(14)24-17/h2-8,10H,9H2,1H3,(H,20,22)/t10-/m0/s1. The minimum Gasteiger partial charge on any atom is -0.349 e. The number of fused-ring (bicyclic) bond motifs is 1. The molecule has 2 aromatic carbocycles. The van der Waals surface area contributed by atoms with Crippen LogP contribution in [0.4, 0.5) is 0 Å². The van der Waals surface area contributed by atoms with Crippen LogP contribution in [0.5, 0.6) is 0 Å². The Morgan fingerprint density at radius 3 is 2.88 bits per heavy atom. The summed E-state index contributed by atoms with van der Waals surface area (Å²) in [6, 6.07) is 13.0. The molecule has 24 heavy (non-hydrogen) atoms. The third-order valence-corrected chi connectivity index (χ3v) is 6.16. The number of nitrogens with one attached hydrogen (secondary N) is 1. The Bertz CT molecular complexity index is 882. The molecule has 1 amide bonds. The van der Waals surface area contributed by atoms with Crippen LogP contribution in [0.2, 0.25) is 10.0 Å². The molecule has 124 valence electrons. The molecule has 0 saturated carbocycles. The van der Waals surface area contributed by atoms with Gasteiger partial charge in [-0.1, -0.05) is 53.2 Å². The van der Waals surface area contributed by atoms with E-state index in [1.165, 1.54) is 11.8 Å². The summed E-state index contributed by atoms with van der Waals surface area (Å²) in [5.74, 6) is 0.257. The number of benzene rings is 2. The quantitative estimate of drug-likeness (QED) is 0.572. The van der Waals surface area contributed by atoms with Crippen molar-refractivity contribution in [1.29, 1.82) is 0 Å². The van der Waals surface area contributed by atoms with Crippen LogP contribution in [0.3, 0.4) is 0 Å². The SMILES string of the molecule is C[C@H](NC(=O)CSc1nc2cc(Cl)ccc2s1)c1ccccc1Cl. The first kappa shape index (κ1) is 17.5. The number of carbonyl (C=O) groups excluding carboxylic acids is 1. The second-order valence-electron chi connectivity index (χ2n) is 5.19. The van der Waals surface area contributed by atoms with Gasteiger partial charge >= 0.3 is 0 Å². The molecule has 0 bridgehead atoms. The molecule has 1 atom stereocenters. The van der Waals surface area contributed by atoms with Crippen molar-refractivity contribution in [3.63, 3.8) is 0 Å². The van der Waals surface area contributed by atoms with Gasteiger partial charge in [0.05, 0.1) is 22.0 Å². The molecular weight excluding hydrogens is 383 g/mol. The Kier molecular flexibility index (Phi) is 5.66. The summed E-state index contributed by atoms with van der Waals surface area (Å²) in [6.07, 6.45) is 0. The minimum absolute atomic E-state index is 0.0512. The third kappa shape index (κ3) is 4.22. The first-order chi connectivity index (χ1) is 11.5. The van der Waals surface area contributed by atoms with Gasteiger partial charge in [0.2, 0.25) is 5.91 Å². The lowest BCUT2D eigenvalue weighted by Crippen LogP contribution is -2.28. The van der Waals surface area contributed by atoms with Crippen molar-refractivity contribution in [2.24, 2.45) is 0 Å². The van der Waals surface area contributed by atoms with Crippen LogP contribution >= 0.6 is 46.3 Å². The lowest BCUT2D eigenvalue weighted by Gasteiger charge is -2.15. The highest BCUT2D eigenvalue weighted by Crippen LogP contribution is 2.31. The van der Waals surface area contributed by atoms with Crippen molar-refractivity contribution in [1.82, 2.24) is 10.3 Å². The van der Waals surface area contributed by atoms with Crippen molar-refractivity contribution >= 4 is 62.4 Å². The topological polar surface area (TPSA) is 42.0 Å². The molecule has 3 nitrogen and oxygen atoms in total. The Morgan fingerprint density at radius 1 is 1.29 bits per heavy atom. The maximum atomic E-state index is 12.2. The van der Waals surface area contributed by atoms with Gasteiger partial charge in [0.1, 0.15) is 0 Å². The van der Waals surface area contributed by atoms with E-state index < -0.39 is 0 Å². The summed E-state index contributed by atoms with van der Waals surface area (Å²) in [5, 5.41) is 4.28. The summed E-state index contributed by atoms with van der Waals surface area (Å²) < 4.78 is 1.92. The van der Waals surface area contributed by atoms with Gasteiger partial charge in [-0.2, -0.15) is 0 Å². The van der Waals surface area contributed by atoms with Crippen LogP contribution in [0.25, 0.3) is 10.2 Å². The first-order valence-corrected chi connectivity index (χ1v) is 9.81. The van der Waals surface area contributed by atoms with E-state index >= 15 is 0 Å². The maximum absolute atomic E-state index is 12.2. The van der Waals surface area contributed by atoms with E-state index in [1.807, 2.05) is 49.4 Å². The van der Waals surface area contributed by atoms with Crippen LogP contribution in [0.1, 0.15) is 18.5 Å². The number of nitrogens with zero attached hydrogens (tertiary/aromatic N) is 1. The van der Waals surface area contributed by atoms with E-state index in [9.17, 15) is 4.79 Å². The van der Waals surface area contributed by atoms with Crippen molar-refractivity contribution in [2.75, 3.05) is 5.75 Å². The Morgan fingerprint density at radius 2 is 2.08 bits per heavy atom. The van der Waals surface area contributed by atoms with Gasteiger partial charge in [-0.25, -0.2) is 4.98 Å². The van der Waals surface area contributed by atoms with Crippen molar-refractivity contribution < 1.29 is 4.79 Å². The number of aromatic nitrogens is 1. The summed E-state index contributed by atoms with van der Waals surface area (Å²) in [4.78, 5) is 16.7. The molecule has 0 fully saturated rings. The van der Waals surface area contributed by atoms with Crippen LogP contribution in [0, 0.1) is 0 Å². The van der Waals surface area contributed by atoms with Gasteiger partial charge < -0.3 is 5.32 Å². The van der Waals surface area contributed by atoms with Crippen molar-refractivity contribution in [3.8, 4) is 0 Å². The second kappa shape index (κ2) is 7.74. The smallest absolute Gasteiger partial charge is 0.230 e. The number of carbonyl (C=O) groups is 1. The van der Waals surface area contributed by atoms with Gasteiger partial charge in [0.15, 0.2) is 4.34 Å². The maximum Gasteiger partial charge on any atom is 0.230 e. The molecule has 0 aliphatic rings. The van der Waals surface area contributed by atoms with Gasteiger partial charge in [0.25, 0.3) is 0 Å². The zero-order valence-corrected chi connectivity index (χ0v) is 15.9. The Hall–Kier alpha value is -1.27. The monoisotopic (exact) mass is 396 g/mol. The van der Waals surface area contributed by atoms with Crippen LogP contribution < -0.4 is 5.32 Å². The molecule has 1 aromatic heterocycles. The highest BCUT2D eigenvalue weighted by atomic mass is 35.5. The number of rotatable bonds is 5. The number of hydrogen-bond acceptors (Lipinski definition) is 4. The van der Waals surface area contributed by atoms with E-state index in [0.717, 1.165) is 20.1 Å². The summed E-state index contributed by atoms with van der Waals surface area (Å²) in [7, 11) is 0. The zero-order valence-electron chi connectivity index (χ0n) is 12.8. The van der Waals surface area contributed by atoms with Gasteiger partial charge in [-0.3, -0.25) is 4.79 Å². The predicted molar refractivity (Wildman–Crippen MR) is 103 cm³/mol. The molecule has 0 aliphatic carbocycles. The molecule has 0 saturated heterocycles. The second-order valence-corrected chi connectivity index (χ2v) is 8.29.